The number of halogens is 1. The third kappa shape index (κ3) is 3.17. The number of nitrogen functional groups attached to an aromatic ring is 1. The number of benzene rings is 1. The quantitative estimate of drug-likeness (QED) is 0.825. The molecule has 1 unspecified atom stereocenters. The van der Waals surface area contributed by atoms with Gasteiger partial charge in [-0.15, -0.1) is 10.2 Å². The number of nitrogens with zero attached hydrogens (tertiary/aromatic N) is 3. The van der Waals surface area contributed by atoms with Crippen LogP contribution in [0.3, 0.4) is 0 Å². The Labute approximate surface area is 128 Å². The zero-order valence-electron chi connectivity index (χ0n) is 11.8. The number of aryl methyl sites for hydroxylation is 2. The first-order valence-corrected chi connectivity index (χ1v) is 8.00. The van der Waals surface area contributed by atoms with Gasteiger partial charge in [0.25, 0.3) is 0 Å². The third-order valence-electron chi connectivity index (χ3n) is 3.08. The molecule has 7 nitrogen and oxygen atoms in total. The minimum absolute atomic E-state index is 0.0544. The second kappa shape index (κ2) is 5.63. The van der Waals surface area contributed by atoms with E-state index in [-0.39, 0.29) is 9.92 Å². The first-order chi connectivity index (χ1) is 9.72. The number of anilines is 1. The molecule has 3 N–H and O–H groups in total. The number of aromatic nitrogens is 3. The molecule has 1 aromatic carbocycles. The number of nitrogens with one attached hydrogen (secondary N) is 1. The van der Waals surface area contributed by atoms with E-state index in [0.717, 1.165) is 5.56 Å². The summed E-state index contributed by atoms with van der Waals surface area (Å²) in [7, 11) is -2.08. The summed E-state index contributed by atoms with van der Waals surface area (Å²) in [6.45, 7) is 3.43. The monoisotopic (exact) mass is 329 g/mol. The topological polar surface area (TPSA) is 103 Å². The lowest BCUT2D eigenvalue weighted by Gasteiger charge is -2.15. The van der Waals surface area contributed by atoms with Crippen LogP contribution in [0.2, 0.25) is 5.02 Å². The summed E-state index contributed by atoms with van der Waals surface area (Å²) in [6, 6.07) is 2.32. The van der Waals surface area contributed by atoms with E-state index >= 15 is 0 Å². The third-order valence-corrected chi connectivity index (χ3v) is 5.08. The molecule has 0 aliphatic rings. The van der Waals surface area contributed by atoms with Crippen LogP contribution in [0, 0.1) is 6.92 Å². The first kappa shape index (κ1) is 15.7. The average molecular weight is 330 g/mol. The molecule has 0 amide bonds. The van der Waals surface area contributed by atoms with E-state index in [1.54, 1.807) is 25.5 Å². The smallest absolute Gasteiger partial charge is 0.242 e. The van der Waals surface area contributed by atoms with Gasteiger partial charge in [-0.05, 0) is 31.5 Å². The molecule has 0 aliphatic carbocycles. The van der Waals surface area contributed by atoms with E-state index in [9.17, 15) is 8.42 Å². The lowest BCUT2D eigenvalue weighted by atomic mass is 10.2. The molecule has 2 rings (SSSR count). The van der Waals surface area contributed by atoms with Crippen LogP contribution in [0.4, 0.5) is 5.69 Å². The van der Waals surface area contributed by atoms with Crippen LogP contribution in [0.5, 0.6) is 0 Å². The highest BCUT2D eigenvalue weighted by atomic mass is 35.5. The molecule has 0 spiro atoms. The molecule has 0 aliphatic heterocycles. The van der Waals surface area contributed by atoms with Gasteiger partial charge in [-0.25, -0.2) is 13.1 Å². The van der Waals surface area contributed by atoms with Crippen LogP contribution >= 0.6 is 11.6 Å². The maximum atomic E-state index is 12.4. The molecule has 2 aromatic rings. The zero-order valence-corrected chi connectivity index (χ0v) is 13.4. The minimum atomic E-state index is -3.82. The summed E-state index contributed by atoms with van der Waals surface area (Å²) in [4.78, 5) is -0.0544. The van der Waals surface area contributed by atoms with Gasteiger partial charge < -0.3 is 10.3 Å². The van der Waals surface area contributed by atoms with Crippen molar-refractivity contribution in [3.63, 3.8) is 0 Å². The molecule has 21 heavy (non-hydrogen) atoms. The fraction of sp³-hybridized carbons (Fsp3) is 0.333. The Kier molecular flexibility index (Phi) is 4.22. The molecule has 0 bridgehead atoms. The van der Waals surface area contributed by atoms with Crippen LogP contribution in [0.1, 0.15) is 24.4 Å². The maximum absolute atomic E-state index is 12.4. The van der Waals surface area contributed by atoms with Crippen molar-refractivity contribution in [2.24, 2.45) is 7.05 Å². The number of hydrogen-bond acceptors (Lipinski definition) is 5. The van der Waals surface area contributed by atoms with Gasteiger partial charge in [0.1, 0.15) is 17.0 Å². The molecule has 1 aromatic heterocycles. The van der Waals surface area contributed by atoms with Gasteiger partial charge in [-0.1, -0.05) is 11.6 Å². The highest BCUT2D eigenvalue weighted by Gasteiger charge is 2.24. The van der Waals surface area contributed by atoms with Gasteiger partial charge in [0, 0.05) is 12.7 Å². The zero-order chi connectivity index (χ0) is 15.8. The minimum Gasteiger partial charge on any atom is -0.398 e. The van der Waals surface area contributed by atoms with Gasteiger partial charge in [-0.3, -0.25) is 0 Å². The van der Waals surface area contributed by atoms with E-state index in [1.165, 1.54) is 18.5 Å². The van der Waals surface area contributed by atoms with Gasteiger partial charge in [0.15, 0.2) is 0 Å². The number of rotatable bonds is 4. The molecular formula is C12H16ClN5O2S. The van der Waals surface area contributed by atoms with Crippen molar-refractivity contribution in [3.8, 4) is 0 Å². The van der Waals surface area contributed by atoms with Crippen molar-refractivity contribution in [2.45, 2.75) is 24.8 Å². The number of hydrogen-bond donors (Lipinski definition) is 2. The maximum Gasteiger partial charge on any atom is 0.242 e. The summed E-state index contributed by atoms with van der Waals surface area (Å²) in [5, 5.41) is 7.72. The van der Waals surface area contributed by atoms with E-state index in [0.29, 0.717) is 11.5 Å². The van der Waals surface area contributed by atoms with Crippen molar-refractivity contribution in [1.82, 2.24) is 19.5 Å². The Hall–Kier alpha value is -1.64. The van der Waals surface area contributed by atoms with E-state index < -0.39 is 16.1 Å². The molecule has 0 fully saturated rings. The normalized spacial score (nSPS) is 13.3. The summed E-state index contributed by atoms with van der Waals surface area (Å²) < 4.78 is 29.0. The van der Waals surface area contributed by atoms with E-state index in [1.807, 2.05) is 0 Å². The molecule has 9 heteroatoms. The van der Waals surface area contributed by atoms with E-state index in [4.69, 9.17) is 17.3 Å². The van der Waals surface area contributed by atoms with Gasteiger partial charge >= 0.3 is 0 Å². The second-order valence-corrected chi connectivity index (χ2v) is 6.87. The summed E-state index contributed by atoms with van der Waals surface area (Å²) in [5.41, 5.74) is 6.85. The summed E-state index contributed by atoms with van der Waals surface area (Å²) in [6.07, 6.45) is 1.50. The predicted octanol–water partition coefficient (Wildman–Crippen LogP) is 1.40. The molecule has 0 saturated carbocycles. The van der Waals surface area contributed by atoms with Crippen LogP contribution in [-0.2, 0) is 17.1 Å². The van der Waals surface area contributed by atoms with Gasteiger partial charge in [0.2, 0.25) is 10.0 Å². The Balaban J connectivity index is 2.35. The molecule has 1 heterocycles. The first-order valence-electron chi connectivity index (χ1n) is 6.14. The predicted molar refractivity (Wildman–Crippen MR) is 80.3 cm³/mol. The molecule has 0 radical (unpaired) electrons. The molecule has 0 saturated heterocycles. The van der Waals surface area contributed by atoms with Crippen LogP contribution in [0.15, 0.2) is 23.4 Å². The Bertz CT molecular complexity index is 772. The lowest BCUT2D eigenvalue weighted by molar-refractivity contribution is 0.553. The fourth-order valence-electron chi connectivity index (χ4n) is 1.91. The highest BCUT2D eigenvalue weighted by molar-refractivity contribution is 7.89. The fourth-order valence-corrected chi connectivity index (χ4v) is 3.73. The van der Waals surface area contributed by atoms with Crippen molar-refractivity contribution in [2.75, 3.05) is 5.73 Å². The Morgan fingerprint density at radius 3 is 2.67 bits per heavy atom. The second-order valence-electron chi connectivity index (χ2n) is 4.78. The van der Waals surface area contributed by atoms with Crippen molar-refractivity contribution < 1.29 is 8.42 Å². The largest absolute Gasteiger partial charge is 0.398 e. The number of sulfonamides is 1. The Morgan fingerprint density at radius 1 is 1.43 bits per heavy atom. The summed E-state index contributed by atoms with van der Waals surface area (Å²) >= 11 is 6.02. The summed E-state index contributed by atoms with van der Waals surface area (Å²) in [5.74, 6) is 0.495. The highest BCUT2D eigenvalue weighted by Crippen LogP contribution is 2.27. The van der Waals surface area contributed by atoms with Crippen LogP contribution in [-0.4, -0.2) is 23.2 Å². The number of nitrogens with two attached hydrogens (primary N) is 1. The van der Waals surface area contributed by atoms with Gasteiger partial charge in [-0.2, -0.15) is 0 Å². The van der Waals surface area contributed by atoms with Crippen LogP contribution in [0.25, 0.3) is 0 Å². The SMILES string of the molecule is Cc1cc(Cl)c(S(=O)(=O)NC(C)c2nncn2C)cc1N. The van der Waals surface area contributed by atoms with Crippen molar-refractivity contribution >= 4 is 27.3 Å². The van der Waals surface area contributed by atoms with E-state index in [2.05, 4.69) is 14.9 Å². The standard InChI is InChI=1S/C12H16ClN5O2S/c1-7-4-9(13)11(5-10(7)14)21(19,20)17-8(2)12-16-15-6-18(12)3/h4-6,8,17H,14H2,1-3H3. The Morgan fingerprint density at radius 2 is 2.10 bits per heavy atom. The van der Waals surface area contributed by atoms with Crippen molar-refractivity contribution in [3.05, 3.63) is 34.9 Å². The average Bonchev–Trinajstić information content (AvgIpc) is 2.79. The molecular weight excluding hydrogens is 314 g/mol. The van der Waals surface area contributed by atoms with Crippen molar-refractivity contribution in [1.29, 1.82) is 0 Å². The van der Waals surface area contributed by atoms with Gasteiger partial charge in [0.05, 0.1) is 11.1 Å². The molecule has 114 valence electrons. The molecule has 1 atom stereocenters. The van der Waals surface area contributed by atoms with Crippen LogP contribution < -0.4 is 10.5 Å². The lowest BCUT2D eigenvalue weighted by Crippen LogP contribution is -2.29.